The van der Waals surface area contributed by atoms with Crippen molar-refractivity contribution in [1.82, 2.24) is 0 Å². The maximum absolute atomic E-state index is 12.3. The van der Waals surface area contributed by atoms with Crippen LogP contribution in [0.4, 0.5) is 5.69 Å². The molecule has 6 nitrogen and oxygen atoms in total. The van der Waals surface area contributed by atoms with Gasteiger partial charge in [-0.25, -0.2) is 0 Å². The van der Waals surface area contributed by atoms with E-state index in [4.69, 9.17) is 18.9 Å². The van der Waals surface area contributed by atoms with Gasteiger partial charge in [0.15, 0.2) is 17.6 Å². The molecule has 0 aliphatic rings. The Morgan fingerprint density at radius 1 is 0.958 bits per heavy atom. The van der Waals surface area contributed by atoms with Crippen LogP contribution in [0, 0.1) is 0 Å². The summed E-state index contributed by atoms with van der Waals surface area (Å²) < 4.78 is 21.4. The Morgan fingerprint density at radius 2 is 1.54 bits per heavy atom. The van der Waals surface area contributed by atoms with Gasteiger partial charge in [0.1, 0.15) is 5.75 Å². The summed E-state index contributed by atoms with van der Waals surface area (Å²) in [7, 11) is 4.56. The van der Waals surface area contributed by atoms with Crippen molar-refractivity contribution in [2.75, 3.05) is 26.6 Å². The molecule has 0 saturated carbocycles. The third-order valence-corrected chi connectivity index (χ3v) is 3.36. The highest BCUT2D eigenvalue weighted by atomic mass is 16.5. The molecule has 24 heavy (non-hydrogen) atoms. The monoisotopic (exact) mass is 331 g/mol. The predicted molar refractivity (Wildman–Crippen MR) is 91.3 cm³/mol. The molecule has 0 bridgehead atoms. The smallest absolute Gasteiger partial charge is 0.265 e. The minimum Gasteiger partial charge on any atom is -0.493 e. The lowest BCUT2D eigenvalue weighted by molar-refractivity contribution is -0.122. The topological polar surface area (TPSA) is 66.0 Å². The minimum absolute atomic E-state index is 0.284. The van der Waals surface area contributed by atoms with E-state index in [9.17, 15) is 4.79 Å². The fourth-order valence-electron chi connectivity index (χ4n) is 2.15. The first-order chi connectivity index (χ1) is 11.6. The van der Waals surface area contributed by atoms with Gasteiger partial charge in [0.2, 0.25) is 5.75 Å². The second-order valence-electron chi connectivity index (χ2n) is 4.98. The molecule has 0 radical (unpaired) electrons. The fourth-order valence-corrected chi connectivity index (χ4v) is 2.15. The number of anilines is 1. The molecule has 0 aliphatic heterocycles. The largest absolute Gasteiger partial charge is 0.493 e. The van der Waals surface area contributed by atoms with Crippen molar-refractivity contribution in [1.29, 1.82) is 0 Å². The SMILES string of the molecule is COc1cc(NC(=O)[C@H](C)Oc2ccccc2)cc(OC)c1OC. The van der Waals surface area contributed by atoms with E-state index >= 15 is 0 Å². The lowest BCUT2D eigenvalue weighted by atomic mass is 10.2. The van der Waals surface area contributed by atoms with Gasteiger partial charge in [0.05, 0.1) is 21.3 Å². The zero-order valence-corrected chi connectivity index (χ0v) is 14.2. The molecule has 0 aromatic heterocycles. The highest BCUT2D eigenvalue weighted by Crippen LogP contribution is 2.39. The molecule has 0 heterocycles. The Balaban J connectivity index is 2.13. The molecule has 0 saturated heterocycles. The van der Waals surface area contributed by atoms with Crippen LogP contribution < -0.4 is 24.3 Å². The standard InChI is InChI=1S/C18H21NO5/c1-12(24-14-8-6-5-7-9-14)18(20)19-13-10-15(21-2)17(23-4)16(11-13)22-3/h5-12H,1-4H3,(H,19,20)/t12-/m0/s1. The van der Waals surface area contributed by atoms with E-state index in [0.29, 0.717) is 28.7 Å². The highest BCUT2D eigenvalue weighted by Gasteiger charge is 2.18. The summed E-state index contributed by atoms with van der Waals surface area (Å²) in [6.07, 6.45) is -0.661. The molecule has 1 amide bonds. The molecule has 2 aromatic carbocycles. The number of carbonyl (C=O) groups is 1. The zero-order valence-electron chi connectivity index (χ0n) is 14.2. The van der Waals surface area contributed by atoms with E-state index in [1.165, 1.54) is 21.3 Å². The van der Waals surface area contributed by atoms with Gasteiger partial charge >= 0.3 is 0 Å². The average Bonchev–Trinajstić information content (AvgIpc) is 2.61. The van der Waals surface area contributed by atoms with Crippen LogP contribution in [0.3, 0.4) is 0 Å². The van der Waals surface area contributed by atoms with Crippen LogP contribution in [0.5, 0.6) is 23.0 Å². The molecular formula is C18H21NO5. The summed E-state index contributed by atoms with van der Waals surface area (Å²) >= 11 is 0. The Bertz CT molecular complexity index is 662. The second-order valence-corrected chi connectivity index (χ2v) is 4.98. The third kappa shape index (κ3) is 4.10. The molecule has 6 heteroatoms. The van der Waals surface area contributed by atoms with Crippen molar-refractivity contribution < 1.29 is 23.7 Å². The van der Waals surface area contributed by atoms with Gasteiger partial charge in [-0.1, -0.05) is 18.2 Å². The average molecular weight is 331 g/mol. The van der Waals surface area contributed by atoms with Crippen molar-refractivity contribution in [3.8, 4) is 23.0 Å². The molecular weight excluding hydrogens is 310 g/mol. The molecule has 1 N–H and O–H groups in total. The number of amides is 1. The summed E-state index contributed by atoms with van der Waals surface area (Å²) in [6, 6.07) is 12.5. The number of benzene rings is 2. The normalized spacial score (nSPS) is 11.3. The van der Waals surface area contributed by atoms with Gasteiger partial charge in [-0.3, -0.25) is 4.79 Å². The van der Waals surface area contributed by atoms with Gasteiger partial charge in [-0.05, 0) is 19.1 Å². The van der Waals surface area contributed by atoms with E-state index < -0.39 is 6.10 Å². The second kappa shape index (κ2) is 8.10. The number of ether oxygens (including phenoxy) is 4. The lowest BCUT2D eigenvalue weighted by Gasteiger charge is -2.17. The molecule has 0 fully saturated rings. The van der Waals surface area contributed by atoms with E-state index in [2.05, 4.69) is 5.32 Å². The fraction of sp³-hybridized carbons (Fsp3) is 0.278. The Morgan fingerprint density at radius 3 is 2.04 bits per heavy atom. The molecule has 0 aliphatic carbocycles. The summed E-state index contributed by atoms with van der Waals surface area (Å²) in [6.45, 7) is 1.68. The minimum atomic E-state index is -0.661. The van der Waals surface area contributed by atoms with Crippen LogP contribution >= 0.6 is 0 Å². The van der Waals surface area contributed by atoms with Gasteiger partial charge in [-0.2, -0.15) is 0 Å². The van der Waals surface area contributed by atoms with Gasteiger partial charge in [0.25, 0.3) is 5.91 Å². The van der Waals surface area contributed by atoms with Crippen LogP contribution in [0.2, 0.25) is 0 Å². The molecule has 0 unspecified atom stereocenters. The van der Waals surface area contributed by atoms with Crippen molar-refractivity contribution in [3.63, 3.8) is 0 Å². The number of rotatable bonds is 7. The van der Waals surface area contributed by atoms with Crippen molar-refractivity contribution >= 4 is 11.6 Å². The quantitative estimate of drug-likeness (QED) is 0.844. The van der Waals surface area contributed by atoms with Crippen LogP contribution in [0.1, 0.15) is 6.92 Å². The van der Waals surface area contributed by atoms with E-state index in [-0.39, 0.29) is 5.91 Å². The van der Waals surface area contributed by atoms with Crippen molar-refractivity contribution in [2.45, 2.75) is 13.0 Å². The van der Waals surface area contributed by atoms with Gasteiger partial charge in [0, 0.05) is 17.8 Å². The Kier molecular flexibility index (Phi) is 5.89. The molecule has 128 valence electrons. The van der Waals surface area contributed by atoms with Crippen molar-refractivity contribution in [2.24, 2.45) is 0 Å². The van der Waals surface area contributed by atoms with E-state index in [1.54, 1.807) is 31.2 Å². The highest BCUT2D eigenvalue weighted by molar-refractivity contribution is 5.94. The van der Waals surface area contributed by atoms with Crippen molar-refractivity contribution in [3.05, 3.63) is 42.5 Å². The number of hydrogen-bond acceptors (Lipinski definition) is 5. The van der Waals surface area contributed by atoms with Crippen LogP contribution in [0.15, 0.2) is 42.5 Å². The summed E-state index contributed by atoms with van der Waals surface area (Å²) in [4.78, 5) is 12.3. The molecule has 2 aromatic rings. The summed E-state index contributed by atoms with van der Waals surface area (Å²) in [5.41, 5.74) is 0.526. The summed E-state index contributed by atoms with van der Waals surface area (Å²) in [5.74, 6) is 1.73. The maximum Gasteiger partial charge on any atom is 0.265 e. The first-order valence-electron chi connectivity index (χ1n) is 7.41. The van der Waals surface area contributed by atoms with E-state index in [1.807, 2.05) is 18.2 Å². The number of carbonyl (C=O) groups excluding carboxylic acids is 1. The molecule has 1 atom stereocenters. The first-order valence-corrected chi connectivity index (χ1v) is 7.41. The van der Waals surface area contributed by atoms with Crippen LogP contribution in [-0.4, -0.2) is 33.3 Å². The van der Waals surface area contributed by atoms with Crippen LogP contribution in [-0.2, 0) is 4.79 Å². The van der Waals surface area contributed by atoms with Crippen LogP contribution in [0.25, 0.3) is 0 Å². The number of nitrogens with one attached hydrogen (secondary N) is 1. The first kappa shape index (κ1) is 17.5. The van der Waals surface area contributed by atoms with Gasteiger partial charge < -0.3 is 24.3 Å². The predicted octanol–water partition coefficient (Wildman–Crippen LogP) is 3.12. The number of hydrogen-bond donors (Lipinski definition) is 1. The zero-order chi connectivity index (χ0) is 17.5. The van der Waals surface area contributed by atoms with E-state index in [0.717, 1.165) is 0 Å². The third-order valence-electron chi connectivity index (χ3n) is 3.36. The summed E-state index contributed by atoms with van der Waals surface area (Å²) in [5, 5.41) is 2.78. The number of para-hydroxylation sites is 1. The Labute approximate surface area is 141 Å². The molecule has 0 spiro atoms. The Hall–Kier alpha value is -2.89. The maximum atomic E-state index is 12.3. The lowest BCUT2D eigenvalue weighted by Crippen LogP contribution is -2.30. The number of methoxy groups -OCH3 is 3. The molecule has 2 rings (SSSR count). The van der Waals surface area contributed by atoms with Gasteiger partial charge in [-0.15, -0.1) is 0 Å².